The Morgan fingerprint density at radius 1 is 0.450 bits per heavy atom. The van der Waals surface area contributed by atoms with E-state index in [9.17, 15) is 0 Å². The van der Waals surface area contributed by atoms with Crippen LogP contribution in [0.1, 0.15) is 11.1 Å². The van der Waals surface area contributed by atoms with Crippen molar-refractivity contribution in [3.05, 3.63) is 163 Å². The number of aromatic nitrogens is 2. The standard InChI is InChI=1S/C36H27N3O/c1-3-9-30(10-4-1)39(31-11-5-2-6-12-31)32-18-22-34(23-19-32)40-33-20-16-28(17-21-33)14-15-29-24-26-38-36(27-29)35-13-7-8-25-37-35/h1-27H. The van der Waals surface area contributed by atoms with Crippen molar-refractivity contribution < 1.29 is 4.74 Å². The van der Waals surface area contributed by atoms with Gasteiger partial charge in [0.25, 0.3) is 0 Å². The molecule has 0 aliphatic carbocycles. The minimum Gasteiger partial charge on any atom is -0.457 e. The molecule has 0 bridgehead atoms. The van der Waals surface area contributed by atoms with Crippen LogP contribution in [0.4, 0.5) is 17.1 Å². The summed E-state index contributed by atoms with van der Waals surface area (Å²) < 4.78 is 6.15. The Hall–Kier alpha value is -5.48. The summed E-state index contributed by atoms with van der Waals surface area (Å²) in [7, 11) is 0. The van der Waals surface area contributed by atoms with Crippen molar-refractivity contribution in [2.75, 3.05) is 4.90 Å². The average Bonchev–Trinajstić information content (AvgIpc) is 3.03. The number of anilines is 3. The van der Waals surface area contributed by atoms with E-state index in [-0.39, 0.29) is 0 Å². The molecule has 4 nitrogen and oxygen atoms in total. The molecule has 192 valence electrons. The number of rotatable bonds is 8. The summed E-state index contributed by atoms with van der Waals surface area (Å²) in [4.78, 5) is 11.1. The molecule has 0 unspecified atom stereocenters. The molecule has 0 aliphatic heterocycles. The molecule has 0 amide bonds. The molecule has 0 N–H and O–H groups in total. The van der Waals surface area contributed by atoms with Gasteiger partial charge in [0.1, 0.15) is 11.5 Å². The normalized spacial score (nSPS) is 10.9. The van der Waals surface area contributed by atoms with E-state index in [1.807, 2.05) is 85.1 Å². The second-order valence-electron chi connectivity index (χ2n) is 9.19. The minimum atomic E-state index is 0.784. The number of ether oxygens (including phenoxy) is 1. The van der Waals surface area contributed by atoms with Gasteiger partial charge in [-0.05, 0) is 96.1 Å². The van der Waals surface area contributed by atoms with Crippen LogP contribution in [0.5, 0.6) is 11.5 Å². The van der Waals surface area contributed by atoms with Crippen LogP contribution >= 0.6 is 0 Å². The number of nitrogens with zero attached hydrogens (tertiary/aromatic N) is 3. The fourth-order valence-corrected chi connectivity index (χ4v) is 4.45. The molecule has 2 aromatic heterocycles. The fourth-order valence-electron chi connectivity index (χ4n) is 4.45. The van der Waals surface area contributed by atoms with Crippen LogP contribution in [0, 0.1) is 0 Å². The van der Waals surface area contributed by atoms with Crippen molar-refractivity contribution in [3.63, 3.8) is 0 Å². The summed E-state index contributed by atoms with van der Waals surface area (Å²) in [5.74, 6) is 1.57. The van der Waals surface area contributed by atoms with E-state index < -0.39 is 0 Å². The Kier molecular flexibility index (Phi) is 7.40. The number of pyridine rings is 2. The Morgan fingerprint density at radius 3 is 1.62 bits per heavy atom. The largest absolute Gasteiger partial charge is 0.457 e. The van der Waals surface area contributed by atoms with Gasteiger partial charge in [0.2, 0.25) is 0 Å². The Labute approximate surface area is 234 Å². The van der Waals surface area contributed by atoms with Crippen molar-refractivity contribution in [3.8, 4) is 22.9 Å². The molecule has 4 aromatic carbocycles. The summed E-state index contributed by atoms with van der Waals surface area (Å²) in [5.41, 5.74) is 7.13. The number of para-hydroxylation sites is 2. The second kappa shape index (κ2) is 11.9. The second-order valence-corrected chi connectivity index (χ2v) is 9.19. The third-order valence-electron chi connectivity index (χ3n) is 6.42. The van der Waals surface area contributed by atoms with Crippen LogP contribution in [0.3, 0.4) is 0 Å². The smallest absolute Gasteiger partial charge is 0.127 e. The Morgan fingerprint density at radius 2 is 1.00 bits per heavy atom. The van der Waals surface area contributed by atoms with Gasteiger partial charge in [-0.25, -0.2) is 0 Å². The van der Waals surface area contributed by atoms with Crippen molar-refractivity contribution in [1.82, 2.24) is 9.97 Å². The summed E-state index contributed by atoms with van der Waals surface area (Å²) >= 11 is 0. The maximum atomic E-state index is 6.15. The summed E-state index contributed by atoms with van der Waals surface area (Å²) in [6.45, 7) is 0. The van der Waals surface area contributed by atoms with Gasteiger partial charge in [-0.1, -0.05) is 66.7 Å². The van der Waals surface area contributed by atoms with E-state index >= 15 is 0 Å². The first kappa shape index (κ1) is 24.8. The highest BCUT2D eigenvalue weighted by Gasteiger charge is 2.12. The van der Waals surface area contributed by atoms with Crippen molar-refractivity contribution in [2.24, 2.45) is 0 Å². The lowest BCUT2D eigenvalue weighted by atomic mass is 10.1. The Balaban J connectivity index is 1.14. The third kappa shape index (κ3) is 5.98. The van der Waals surface area contributed by atoms with Crippen molar-refractivity contribution in [2.45, 2.75) is 0 Å². The van der Waals surface area contributed by atoms with E-state index in [2.05, 4.69) is 87.7 Å². The number of hydrogen-bond donors (Lipinski definition) is 0. The SMILES string of the molecule is C(=Cc1ccnc(-c2ccccn2)c1)c1ccc(Oc2ccc(N(c3ccccc3)c3ccccc3)cc2)cc1. The molecule has 0 spiro atoms. The molecule has 0 fully saturated rings. The molecule has 2 heterocycles. The summed E-state index contributed by atoms with van der Waals surface area (Å²) in [6, 6.07) is 46.8. The molecule has 0 radical (unpaired) electrons. The summed E-state index contributed by atoms with van der Waals surface area (Å²) in [5, 5.41) is 0. The van der Waals surface area contributed by atoms with Gasteiger partial charge in [-0.2, -0.15) is 0 Å². The average molecular weight is 518 g/mol. The van der Waals surface area contributed by atoms with Crippen LogP contribution in [-0.4, -0.2) is 9.97 Å². The van der Waals surface area contributed by atoms with Gasteiger partial charge in [-0.3, -0.25) is 9.97 Å². The van der Waals surface area contributed by atoms with E-state index in [0.717, 1.165) is 51.1 Å². The van der Waals surface area contributed by atoms with Crippen molar-refractivity contribution >= 4 is 29.2 Å². The molecule has 0 saturated carbocycles. The van der Waals surface area contributed by atoms with Gasteiger partial charge >= 0.3 is 0 Å². The Bertz CT molecular complexity index is 1640. The lowest BCUT2D eigenvalue weighted by Gasteiger charge is -2.25. The quantitative estimate of drug-likeness (QED) is 0.201. The van der Waals surface area contributed by atoms with Gasteiger partial charge < -0.3 is 9.64 Å². The molecule has 0 atom stereocenters. The molecular weight excluding hydrogens is 490 g/mol. The third-order valence-corrected chi connectivity index (χ3v) is 6.42. The highest BCUT2D eigenvalue weighted by molar-refractivity contribution is 5.76. The van der Waals surface area contributed by atoms with E-state index in [4.69, 9.17) is 4.74 Å². The van der Waals surface area contributed by atoms with E-state index in [0.29, 0.717) is 0 Å². The first-order valence-electron chi connectivity index (χ1n) is 13.2. The van der Waals surface area contributed by atoms with Crippen LogP contribution in [-0.2, 0) is 0 Å². The van der Waals surface area contributed by atoms with Gasteiger partial charge in [-0.15, -0.1) is 0 Å². The zero-order valence-corrected chi connectivity index (χ0v) is 21.8. The molecule has 6 aromatic rings. The topological polar surface area (TPSA) is 38.3 Å². The number of benzene rings is 4. The molecule has 40 heavy (non-hydrogen) atoms. The van der Waals surface area contributed by atoms with Crippen LogP contribution in [0.25, 0.3) is 23.5 Å². The van der Waals surface area contributed by atoms with Gasteiger partial charge in [0, 0.05) is 29.5 Å². The first-order chi connectivity index (χ1) is 19.8. The number of hydrogen-bond acceptors (Lipinski definition) is 4. The minimum absolute atomic E-state index is 0.784. The van der Waals surface area contributed by atoms with Gasteiger partial charge in [0.15, 0.2) is 0 Å². The highest BCUT2D eigenvalue weighted by atomic mass is 16.5. The fraction of sp³-hybridized carbons (Fsp3) is 0. The monoisotopic (exact) mass is 517 g/mol. The zero-order valence-electron chi connectivity index (χ0n) is 21.8. The highest BCUT2D eigenvalue weighted by Crippen LogP contribution is 2.35. The van der Waals surface area contributed by atoms with Gasteiger partial charge in [0.05, 0.1) is 11.4 Å². The lowest BCUT2D eigenvalue weighted by molar-refractivity contribution is 0.482. The zero-order chi connectivity index (χ0) is 27.0. The van der Waals surface area contributed by atoms with E-state index in [1.165, 1.54) is 0 Å². The summed E-state index contributed by atoms with van der Waals surface area (Å²) in [6.07, 6.45) is 7.75. The molecule has 0 aliphatic rings. The molecule has 6 rings (SSSR count). The first-order valence-corrected chi connectivity index (χ1v) is 13.2. The lowest BCUT2D eigenvalue weighted by Crippen LogP contribution is -2.09. The van der Waals surface area contributed by atoms with Crippen LogP contribution < -0.4 is 9.64 Å². The van der Waals surface area contributed by atoms with Crippen molar-refractivity contribution in [1.29, 1.82) is 0 Å². The predicted molar refractivity (Wildman–Crippen MR) is 164 cm³/mol. The maximum absolute atomic E-state index is 6.15. The predicted octanol–water partition coefficient (Wildman–Crippen LogP) is 9.58. The maximum Gasteiger partial charge on any atom is 0.127 e. The molecule has 0 saturated heterocycles. The van der Waals surface area contributed by atoms with Crippen LogP contribution in [0.15, 0.2) is 152 Å². The van der Waals surface area contributed by atoms with E-state index in [1.54, 1.807) is 6.20 Å². The molecular formula is C36H27N3O. The molecule has 4 heteroatoms. The van der Waals surface area contributed by atoms with Crippen LogP contribution in [0.2, 0.25) is 0 Å².